The molecule has 3 heterocycles. The number of piperidine rings is 1. The molecule has 0 N–H and O–H groups in total. The van der Waals surface area contributed by atoms with E-state index in [4.69, 9.17) is 0 Å². The largest absolute Gasteiger partial charge is 0.342 e. The number of fused-ring (bicyclic) bond motifs is 1. The first-order chi connectivity index (χ1) is 13.9. The predicted molar refractivity (Wildman–Crippen MR) is 104 cm³/mol. The molecule has 8 heteroatoms. The predicted octanol–water partition coefficient (Wildman–Crippen LogP) is 3.88. The van der Waals surface area contributed by atoms with Crippen molar-refractivity contribution in [2.24, 2.45) is 0 Å². The smallest absolute Gasteiger partial charge is 0.280 e. The maximum Gasteiger partial charge on any atom is 0.280 e. The number of carbonyl (C=O) groups excluding carboxylic acids is 1. The van der Waals surface area contributed by atoms with Crippen LogP contribution in [0.25, 0.3) is 5.78 Å². The lowest BCUT2D eigenvalue weighted by Gasteiger charge is -2.34. The van der Waals surface area contributed by atoms with E-state index < -0.39 is 6.43 Å². The molecule has 0 radical (unpaired) electrons. The topological polar surface area (TPSA) is 63.4 Å². The zero-order valence-electron chi connectivity index (χ0n) is 16.4. The van der Waals surface area contributed by atoms with Gasteiger partial charge in [-0.2, -0.15) is 14.6 Å². The molecule has 1 fully saturated rings. The van der Waals surface area contributed by atoms with Crippen molar-refractivity contribution in [3.63, 3.8) is 0 Å². The van der Waals surface area contributed by atoms with Crippen molar-refractivity contribution in [3.05, 3.63) is 59.2 Å². The second kappa shape index (κ2) is 7.85. The van der Waals surface area contributed by atoms with Crippen LogP contribution < -0.4 is 0 Å². The van der Waals surface area contributed by atoms with Gasteiger partial charge in [-0.1, -0.05) is 29.8 Å². The Morgan fingerprint density at radius 1 is 1.24 bits per heavy atom. The van der Waals surface area contributed by atoms with Gasteiger partial charge in [-0.15, -0.1) is 0 Å². The molecule has 1 aliphatic heterocycles. The Bertz CT molecular complexity index is 1020. The highest BCUT2D eigenvalue weighted by molar-refractivity contribution is 5.83. The van der Waals surface area contributed by atoms with Crippen LogP contribution in [0.1, 0.15) is 60.5 Å². The van der Waals surface area contributed by atoms with E-state index in [1.54, 1.807) is 0 Å². The summed E-state index contributed by atoms with van der Waals surface area (Å²) in [5.74, 6) is -0.138. The van der Waals surface area contributed by atoms with Crippen molar-refractivity contribution in [2.75, 3.05) is 13.1 Å². The van der Waals surface area contributed by atoms with Gasteiger partial charge in [0.15, 0.2) is 0 Å². The quantitative estimate of drug-likeness (QED) is 0.668. The molecule has 4 rings (SSSR count). The zero-order chi connectivity index (χ0) is 20.5. The van der Waals surface area contributed by atoms with Crippen molar-refractivity contribution in [1.29, 1.82) is 0 Å². The lowest BCUT2D eigenvalue weighted by molar-refractivity contribution is -0.133. The summed E-state index contributed by atoms with van der Waals surface area (Å²) in [5, 5.41) is 3.83. The monoisotopic (exact) mass is 399 g/mol. The molecule has 2 atom stereocenters. The van der Waals surface area contributed by atoms with Gasteiger partial charge in [0.05, 0.1) is 11.6 Å². The summed E-state index contributed by atoms with van der Waals surface area (Å²) >= 11 is 0. The van der Waals surface area contributed by atoms with Crippen LogP contribution in [0.4, 0.5) is 8.78 Å². The minimum atomic E-state index is -2.68. The molecule has 2 unspecified atom stereocenters. The maximum absolute atomic E-state index is 13.5. The van der Waals surface area contributed by atoms with Crippen LogP contribution >= 0.6 is 0 Å². The van der Waals surface area contributed by atoms with Crippen LogP contribution in [0.2, 0.25) is 0 Å². The third-order valence-corrected chi connectivity index (χ3v) is 5.62. The molecular weight excluding hydrogens is 376 g/mol. The van der Waals surface area contributed by atoms with Gasteiger partial charge in [0.25, 0.3) is 12.2 Å². The van der Waals surface area contributed by atoms with Gasteiger partial charge in [0.1, 0.15) is 12.0 Å². The lowest BCUT2D eigenvalue weighted by atomic mass is 9.92. The molecule has 29 heavy (non-hydrogen) atoms. The van der Waals surface area contributed by atoms with Crippen LogP contribution in [-0.4, -0.2) is 43.5 Å². The Balaban J connectivity index is 1.56. The van der Waals surface area contributed by atoms with E-state index in [1.165, 1.54) is 12.4 Å². The third-order valence-electron chi connectivity index (χ3n) is 5.62. The van der Waals surface area contributed by atoms with E-state index in [1.807, 2.05) is 43.0 Å². The Labute approximate surface area is 167 Å². The van der Waals surface area contributed by atoms with Crippen molar-refractivity contribution in [1.82, 2.24) is 24.5 Å². The average molecular weight is 399 g/mol. The molecule has 6 nitrogen and oxygen atoms in total. The molecular formula is C21H23F2N5O. The van der Waals surface area contributed by atoms with Crippen LogP contribution in [0.15, 0.2) is 36.7 Å². The summed E-state index contributed by atoms with van der Waals surface area (Å²) < 4.78 is 28.0. The molecule has 0 spiro atoms. The minimum absolute atomic E-state index is 0.0520. The first kappa shape index (κ1) is 19.4. The first-order valence-corrected chi connectivity index (χ1v) is 9.78. The Morgan fingerprint density at radius 3 is 2.72 bits per heavy atom. The average Bonchev–Trinajstić information content (AvgIpc) is 3.21. The first-order valence-electron chi connectivity index (χ1n) is 9.78. The maximum atomic E-state index is 13.5. The zero-order valence-corrected chi connectivity index (χ0v) is 16.4. The van der Waals surface area contributed by atoms with Crippen molar-refractivity contribution < 1.29 is 13.6 Å². The summed E-state index contributed by atoms with van der Waals surface area (Å²) in [5.41, 5.74) is 2.45. The molecule has 152 valence electrons. The second-order valence-corrected chi connectivity index (χ2v) is 7.63. The van der Waals surface area contributed by atoms with Gasteiger partial charge in [-0.3, -0.25) is 4.79 Å². The van der Waals surface area contributed by atoms with Gasteiger partial charge >= 0.3 is 0 Å². The van der Waals surface area contributed by atoms with Crippen molar-refractivity contribution in [3.8, 4) is 0 Å². The molecule has 1 aliphatic rings. The summed E-state index contributed by atoms with van der Waals surface area (Å²) in [7, 11) is 0. The van der Waals surface area contributed by atoms with E-state index in [9.17, 15) is 13.6 Å². The number of amides is 1. The number of nitrogens with zero attached hydrogens (tertiary/aromatic N) is 5. The van der Waals surface area contributed by atoms with Gasteiger partial charge < -0.3 is 4.90 Å². The minimum Gasteiger partial charge on any atom is -0.342 e. The molecule has 0 saturated carbocycles. The van der Waals surface area contributed by atoms with Gasteiger partial charge in [-0.25, -0.2) is 13.8 Å². The van der Waals surface area contributed by atoms with Crippen molar-refractivity contribution >= 4 is 11.7 Å². The number of hydrogen-bond donors (Lipinski definition) is 0. The number of aromatic nitrogens is 4. The Kier molecular flexibility index (Phi) is 5.25. The van der Waals surface area contributed by atoms with Crippen molar-refractivity contribution in [2.45, 2.75) is 45.0 Å². The molecule has 3 aromatic rings. The van der Waals surface area contributed by atoms with Crippen LogP contribution in [-0.2, 0) is 4.79 Å². The number of aryl methyl sites for hydroxylation is 1. The number of halogens is 2. The third kappa shape index (κ3) is 3.83. The fourth-order valence-corrected chi connectivity index (χ4v) is 3.91. The summed E-state index contributed by atoms with van der Waals surface area (Å²) in [6.45, 7) is 5.06. The molecule has 0 bridgehead atoms. The van der Waals surface area contributed by atoms with Crippen LogP contribution in [0.5, 0.6) is 0 Å². The number of hydrogen-bond acceptors (Lipinski definition) is 4. The van der Waals surface area contributed by atoms with Crippen LogP contribution in [0, 0.1) is 6.92 Å². The van der Waals surface area contributed by atoms with E-state index in [2.05, 4.69) is 15.1 Å². The van der Waals surface area contributed by atoms with Gasteiger partial charge in [-0.05, 0) is 38.3 Å². The summed E-state index contributed by atoms with van der Waals surface area (Å²) in [6, 6.07) is 9.36. The van der Waals surface area contributed by atoms with E-state index >= 15 is 0 Å². The Hall–Kier alpha value is -2.90. The number of alkyl halides is 2. The highest BCUT2D eigenvalue weighted by Gasteiger charge is 2.30. The summed E-state index contributed by atoms with van der Waals surface area (Å²) in [6.07, 6.45) is 0.144. The molecule has 0 aliphatic carbocycles. The molecule has 1 aromatic carbocycles. The standard InChI is InChI=1S/C21H23F2N5O/c1-13-5-7-15(8-6-13)14(2)20(29)27-9-3-4-16(11-27)17-10-18(19(22)23)28-21(26-17)24-12-25-28/h5-8,10,12,14,16,19H,3-4,9,11H2,1-2H3. The fraction of sp³-hybridized carbons (Fsp3) is 0.429. The van der Waals surface area contributed by atoms with E-state index in [-0.39, 0.29) is 29.2 Å². The SMILES string of the molecule is Cc1ccc(C(C)C(=O)N2CCCC(c3cc(C(F)F)n4ncnc4n3)C2)cc1. The number of benzene rings is 1. The highest BCUT2D eigenvalue weighted by atomic mass is 19.3. The normalized spacial score (nSPS) is 18.4. The second-order valence-electron chi connectivity index (χ2n) is 7.63. The highest BCUT2D eigenvalue weighted by Crippen LogP contribution is 2.30. The Morgan fingerprint density at radius 2 is 2.00 bits per heavy atom. The fourth-order valence-electron chi connectivity index (χ4n) is 3.91. The molecule has 1 amide bonds. The molecule has 2 aromatic heterocycles. The van der Waals surface area contributed by atoms with E-state index in [0.29, 0.717) is 18.8 Å². The molecule has 1 saturated heterocycles. The van der Waals surface area contributed by atoms with Gasteiger partial charge in [0.2, 0.25) is 5.91 Å². The number of rotatable bonds is 4. The van der Waals surface area contributed by atoms with E-state index in [0.717, 1.165) is 28.5 Å². The van der Waals surface area contributed by atoms with Crippen LogP contribution in [0.3, 0.4) is 0 Å². The lowest BCUT2D eigenvalue weighted by Crippen LogP contribution is -2.41. The number of carbonyl (C=O) groups is 1. The van der Waals surface area contributed by atoms with Gasteiger partial charge in [0, 0.05) is 19.0 Å². The summed E-state index contributed by atoms with van der Waals surface area (Å²) in [4.78, 5) is 23.3. The number of likely N-dealkylation sites (tertiary alicyclic amines) is 1.